The second-order valence-electron chi connectivity index (χ2n) is 8.27. The van der Waals surface area contributed by atoms with Crippen LogP contribution in [-0.2, 0) is 15.6 Å². The van der Waals surface area contributed by atoms with E-state index in [2.05, 4.69) is 36.9 Å². The van der Waals surface area contributed by atoms with Crippen molar-refractivity contribution in [2.24, 2.45) is 0 Å². The van der Waals surface area contributed by atoms with Gasteiger partial charge in [-0.15, -0.1) is 0 Å². The summed E-state index contributed by atoms with van der Waals surface area (Å²) in [6.45, 7) is 6.78. The van der Waals surface area contributed by atoms with Crippen LogP contribution in [0.3, 0.4) is 0 Å². The molecule has 0 radical (unpaired) electrons. The highest BCUT2D eigenvalue weighted by Crippen LogP contribution is 2.24. The topological polar surface area (TPSA) is 80.1 Å². The lowest BCUT2D eigenvalue weighted by Gasteiger charge is -2.36. The molecule has 8 heteroatoms. The number of ether oxygens (including phenoxy) is 1. The van der Waals surface area contributed by atoms with Crippen LogP contribution in [0.25, 0.3) is 0 Å². The second-order valence-corrected chi connectivity index (χ2v) is 10.3. The molecule has 0 atom stereocenters. The van der Waals surface area contributed by atoms with Crippen LogP contribution in [0.2, 0.25) is 0 Å². The molecule has 0 N–H and O–H groups in total. The molecule has 0 bridgehead atoms. The average Bonchev–Trinajstić information content (AvgIpc) is 3.28. The van der Waals surface area contributed by atoms with E-state index in [-0.39, 0.29) is 28.1 Å². The monoisotopic (exact) mass is 468 g/mol. The van der Waals surface area contributed by atoms with Crippen LogP contribution in [0.4, 0.5) is 5.69 Å². The number of carbonyl (C=O) groups is 1. The predicted molar refractivity (Wildman–Crippen MR) is 127 cm³/mol. The van der Waals surface area contributed by atoms with Gasteiger partial charge in [-0.3, -0.25) is 4.79 Å². The van der Waals surface area contributed by atoms with Crippen LogP contribution in [0.1, 0.15) is 27.4 Å². The van der Waals surface area contributed by atoms with Crippen molar-refractivity contribution < 1.29 is 22.4 Å². The van der Waals surface area contributed by atoms with Crippen LogP contribution in [0, 0.1) is 13.8 Å². The summed E-state index contributed by atoms with van der Waals surface area (Å²) >= 11 is 0. The minimum atomic E-state index is -3.60. The Hall–Kier alpha value is -3.26. The third kappa shape index (κ3) is 5.06. The summed E-state index contributed by atoms with van der Waals surface area (Å²) in [6, 6.07) is 15.7. The number of anilines is 1. The van der Waals surface area contributed by atoms with Crippen molar-refractivity contribution in [3.63, 3.8) is 0 Å². The second kappa shape index (κ2) is 9.31. The molecular weight excluding hydrogens is 440 g/mol. The maximum absolute atomic E-state index is 12.9. The standard InChI is InChI=1S/C25H28N2O5S/c1-18-4-5-19(2)23(16-18)26-12-14-27(15-13-26)25(28)24-11-8-21(32-24)17-33(29,30)22-9-6-20(31-3)7-10-22/h4-11,16H,12-15,17H2,1-3H3. The van der Waals surface area contributed by atoms with Gasteiger partial charge in [0.05, 0.1) is 12.0 Å². The molecule has 1 amide bonds. The van der Waals surface area contributed by atoms with Crippen LogP contribution in [0.5, 0.6) is 5.75 Å². The van der Waals surface area contributed by atoms with E-state index in [9.17, 15) is 13.2 Å². The molecule has 174 valence electrons. The number of hydrogen-bond acceptors (Lipinski definition) is 6. The lowest BCUT2D eigenvalue weighted by Crippen LogP contribution is -2.49. The molecule has 1 saturated heterocycles. The fourth-order valence-electron chi connectivity index (χ4n) is 3.99. The lowest BCUT2D eigenvalue weighted by molar-refractivity contribution is 0.0713. The molecule has 1 aliphatic heterocycles. The fraction of sp³-hybridized carbons (Fsp3) is 0.320. The third-order valence-electron chi connectivity index (χ3n) is 5.90. The van der Waals surface area contributed by atoms with Gasteiger partial charge in [-0.25, -0.2) is 8.42 Å². The van der Waals surface area contributed by atoms with Gasteiger partial charge < -0.3 is 19.0 Å². The van der Waals surface area contributed by atoms with E-state index in [1.807, 2.05) is 0 Å². The predicted octanol–water partition coefficient (Wildman–Crippen LogP) is 3.84. The van der Waals surface area contributed by atoms with Crippen molar-refractivity contribution in [2.45, 2.75) is 24.5 Å². The van der Waals surface area contributed by atoms with Gasteiger partial charge in [0.2, 0.25) is 0 Å². The van der Waals surface area contributed by atoms with Crippen molar-refractivity contribution in [3.05, 3.63) is 77.2 Å². The SMILES string of the molecule is COc1ccc(S(=O)(=O)Cc2ccc(C(=O)N3CCN(c4cc(C)ccc4C)CC3)o2)cc1. The Morgan fingerprint density at radius 3 is 2.33 bits per heavy atom. The van der Waals surface area contributed by atoms with E-state index in [0.29, 0.717) is 18.8 Å². The maximum atomic E-state index is 12.9. The van der Waals surface area contributed by atoms with Gasteiger partial charge in [0.1, 0.15) is 17.3 Å². The van der Waals surface area contributed by atoms with Gasteiger partial charge in [0, 0.05) is 31.9 Å². The first kappa shape index (κ1) is 22.9. The number of sulfone groups is 1. The molecular formula is C25H28N2O5S. The van der Waals surface area contributed by atoms with Crippen LogP contribution < -0.4 is 9.64 Å². The molecule has 7 nitrogen and oxygen atoms in total. The van der Waals surface area contributed by atoms with Gasteiger partial charge in [0.25, 0.3) is 5.91 Å². The summed E-state index contributed by atoms with van der Waals surface area (Å²) < 4.78 is 36.1. The Morgan fingerprint density at radius 2 is 1.67 bits per heavy atom. The lowest BCUT2D eigenvalue weighted by atomic mass is 10.1. The molecule has 33 heavy (non-hydrogen) atoms. The molecule has 1 fully saturated rings. The summed E-state index contributed by atoms with van der Waals surface area (Å²) in [5.41, 5.74) is 3.63. The number of furan rings is 1. The van der Waals surface area contributed by atoms with Gasteiger partial charge in [-0.05, 0) is 67.4 Å². The Bertz CT molecular complexity index is 1240. The Balaban J connectivity index is 1.39. The van der Waals surface area contributed by atoms with E-state index < -0.39 is 9.84 Å². The zero-order valence-electron chi connectivity index (χ0n) is 19.1. The minimum Gasteiger partial charge on any atom is -0.497 e. The molecule has 0 aliphatic carbocycles. The van der Waals surface area contributed by atoms with Gasteiger partial charge >= 0.3 is 0 Å². The summed E-state index contributed by atoms with van der Waals surface area (Å²) in [5, 5.41) is 0. The first-order valence-corrected chi connectivity index (χ1v) is 12.5. The molecule has 2 aromatic carbocycles. The molecule has 2 heterocycles. The quantitative estimate of drug-likeness (QED) is 0.547. The number of piperazine rings is 1. The zero-order chi connectivity index (χ0) is 23.6. The number of rotatable bonds is 6. The Kier molecular flexibility index (Phi) is 6.47. The van der Waals surface area contributed by atoms with Crippen molar-refractivity contribution >= 4 is 21.4 Å². The number of aryl methyl sites for hydroxylation is 2. The maximum Gasteiger partial charge on any atom is 0.289 e. The minimum absolute atomic E-state index is 0.162. The number of carbonyl (C=O) groups excluding carboxylic acids is 1. The number of amides is 1. The highest BCUT2D eigenvalue weighted by atomic mass is 32.2. The largest absolute Gasteiger partial charge is 0.497 e. The van der Waals surface area contributed by atoms with Crippen molar-refractivity contribution in [3.8, 4) is 5.75 Å². The highest BCUT2D eigenvalue weighted by Gasteiger charge is 2.26. The van der Waals surface area contributed by atoms with E-state index in [4.69, 9.17) is 9.15 Å². The first-order valence-electron chi connectivity index (χ1n) is 10.8. The number of methoxy groups -OCH3 is 1. The molecule has 3 aromatic rings. The number of nitrogens with zero attached hydrogens (tertiary/aromatic N) is 2. The fourth-order valence-corrected chi connectivity index (χ4v) is 5.24. The summed E-state index contributed by atoms with van der Waals surface area (Å²) in [6.07, 6.45) is 0. The summed E-state index contributed by atoms with van der Waals surface area (Å²) in [7, 11) is -2.08. The van der Waals surface area contributed by atoms with E-state index in [0.717, 1.165) is 13.1 Å². The van der Waals surface area contributed by atoms with Gasteiger partial charge in [-0.1, -0.05) is 12.1 Å². The van der Waals surface area contributed by atoms with Crippen molar-refractivity contribution in [1.82, 2.24) is 4.90 Å². The van der Waals surface area contributed by atoms with E-state index in [1.54, 1.807) is 29.2 Å². The van der Waals surface area contributed by atoms with E-state index in [1.165, 1.54) is 36.1 Å². The van der Waals surface area contributed by atoms with Crippen molar-refractivity contribution in [1.29, 1.82) is 0 Å². The normalized spacial score (nSPS) is 14.4. The third-order valence-corrected chi connectivity index (χ3v) is 7.55. The van der Waals surface area contributed by atoms with Gasteiger partial charge in [-0.2, -0.15) is 0 Å². The number of hydrogen-bond donors (Lipinski definition) is 0. The van der Waals surface area contributed by atoms with Crippen LogP contribution >= 0.6 is 0 Å². The highest BCUT2D eigenvalue weighted by molar-refractivity contribution is 7.90. The van der Waals surface area contributed by atoms with Crippen LogP contribution in [-0.4, -0.2) is 52.5 Å². The Morgan fingerprint density at radius 1 is 0.970 bits per heavy atom. The first-order chi connectivity index (χ1) is 15.8. The Labute approximate surface area is 194 Å². The number of benzene rings is 2. The zero-order valence-corrected chi connectivity index (χ0v) is 19.9. The smallest absolute Gasteiger partial charge is 0.289 e. The summed E-state index contributed by atoms with van der Waals surface area (Å²) in [5.74, 6) is 0.451. The van der Waals surface area contributed by atoms with Gasteiger partial charge in [0.15, 0.2) is 15.6 Å². The molecule has 4 rings (SSSR count). The molecule has 0 saturated carbocycles. The van der Waals surface area contributed by atoms with E-state index >= 15 is 0 Å². The average molecular weight is 469 g/mol. The van der Waals surface area contributed by atoms with Crippen LogP contribution in [0.15, 0.2) is 63.9 Å². The molecule has 1 aliphatic rings. The molecule has 0 unspecified atom stereocenters. The molecule has 1 aromatic heterocycles. The summed E-state index contributed by atoms with van der Waals surface area (Å²) in [4.78, 5) is 17.2. The molecule has 0 spiro atoms. The van der Waals surface area contributed by atoms with Crippen molar-refractivity contribution in [2.75, 3.05) is 38.2 Å².